The number of aliphatic imine (C=N–C) groups is 1. The molecule has 1 aliphatic heterocycles. The highest BCUT2D eigenvalue weighted by molar-refractivity contribution is 14.0. The average Bonchev–Trinajstić information content (AvgIpc) is 2.54. The van der Waals surface area contributed by atoms with E-state index in [-0.39, 0.29) is 24.0 Å². The third kappa shape index (κ3) is 6.59. The van der Waals surface area contributed by atoms with E-state index in [2.05, 4.69) is 67.5 Å². The summed E-state index contributed by atoms with van der Waals surface area (Å²) >= 11 is 0. The van der Waals surface area contributed by atoms with Gasteiger partial charge in [-0.25, -0.2) is 4.99 Å². The first-order valence-corrected chi connectivity index (χ1v) is 8.93. The molecule has 1 aromatic rings. The van der Waals surface area contributed by atoms with Crippen LogP contribution < -0.4 is 10.6 Å². The van der Waals surface area contributed by atoms with Crippen molar-refractivity contribution >= 4 is 29.9 Å². The van der Waals surface area contributed by atoms with Crippen molar-refractivity contribution in [3.8, 4) is 0 Å². The zero-order chi connectivity index (χ0) is 16.7. The lowest BCUT2D eigenvalue weighted by Gasteiger charge is -2.35. The number of guanidine groups is 1. The van der Waals surface area contributed by atoms with Crippen molar-refractivity contribution < 1.29 is 0 Å². The SMILES string of the molecule is CCNC(=NCc1ccccc1C)NC1CCN(C(C)C)CC1.I. The summed E-state index contributed by atoms with van der Waals surface area (Å²) in [5.74, 6) is 0.943. The lowest BCUT2D eigenvalue weighted by Crippen LogP contribution is -2.49. The van der Waals surface area contributed by atoms with Gasteiger partial charge in [0.2, 0.25) is 0 Å². The van der Waals surface area contributed by atoms with Crippen molar-refractivity contribution in [2.45, 2.75) is 59.2 Å². The zero-order valence-corrected chi connectivity index (χ0v) is 17.8. The predicted octanol–water partition coefficient (Wildman–Crippen LogP) is 3.54. The Hall–Kier alpha value is -0.820. The van der Waals surface area contributed by atoms with Crippen LogP contribution in [0.5, 0.6) is 0 Å². The fourth-order valence-corrected chi connectivity index (χ4v) is 3.03. The number of hydrogen-bond acceptors (Lipinski definition) is 2. The maximum Gasteiger partial charge on any atom is 0.191 e. The van der Waals surface area contributed by atoms with Gasteiger partial charge >= 0.3 is 0 Å². The van der Waals surface area contributed by atoms with E-state index in [0.717, 1.165) is 19.0 Å². The molecule has 0 amide bonds. The van der Waals surface area contributed by atoms with E-state index in [1.165, 1.54) is 37.1 Å². The summed E-state index contributed by atoms with van der Waals surface area (Å²) in [7, 11) is 0. The minimum Gasteiger partial charge on any atom is -0.357 e. The van der Waals surface area contributed by atoms with E-state index in [1.54, 1.807) is 0 Å². The van der Waals surface area contributed by atoms with E-state index in [4.69, 9.17) is 4.99 Å². The van der Waals surface area contributed by atoms with Gasteiger partial charge in [-0.3, -0.25) is 0 Å². The molecule has 1 heterocycles. The van der Waals surface area contributed by atoms with Crippen LogP contribution >= 0.6 is 24.0 Å². The van der Waals surface area contributed by atoms with Gasteiger partial charge in [-0.1, -0.05) is 24.3 Å². The Bertz CT molecular complexity index is 508. The maximum absolute atomic E-state index is 4.77. The number of piperidine rings is 1. The molecule has 1 aliphatic rings. The fraction of sp³-hybridized carbons (Fsp3) is 0.632. The van der Waals surface area contributed by atoms with Crippen molar-refractivity contribution in [3.63, 3.8) is 0 Å². The quantitative estimate of drug-likeness (QED) is 0.415. The average molecular weight is 444 g/mol. The Labute approximate surface area is 164 Å². The number of nitrogens with zero attached hydrogens (tertiary/aromatic N) is 2. The molecule has 0 unspecified atom stereocenters. The molecule has 2 rings (SSSR count). The molecule has 0 aliphatic carbocycles. The molecular formula is C19H33IN4. The molecule has 0 bridgehead atoms. The molecule has 1 fully saturated rings. The topological polar surface area (TPSA) is 39.7 Å². The number of rotatable bonds is 5. The molecule has 0 aromatic heterocycles. The van der Waals surface area contributed by atoms with Crippen LogP contribution in [-0.2, 0) is 6.54 Å². The second-order valence-corrected chi connectivity index (χ2v) is 6.67. The van der Waals surface area contributed by atoms with Gasteiger partial charge in [0.05, 0.1) is 6.54 Å². The van der Waals surface area contributed by atoms with Crippen molar-refractivity contribution in [1.29, 1.82) is 0 Å². The van der Waals surface area contributed by atoms with E-state index < -0.39 is 0 Å². The second-order valence-electron chi connectivity index (χ2n) is 6.67. The number of hydrogen-bond donors (Lipinski definition) is 2. The monoisotopic (exact) mass is 444 g/mol. The minimum atomic E-state index is 0. The fourth-order valence-electron chi connectivity index (χ4n) is 3.03. The number of likely N-dealkylation sites (tertiary alicyclic amines) is 1. The summed E-state index contributed by atoms with van der Waals surface area (Å²) in [5, 5.41) is 7.00. The Kier molecular flexibility index (Phi) is 9.66. The van der Waals surface area contributed by atoms with Gasteiger partial charge in [-0.2, -0.15) is 0 Å². The van der Waals surface area contributed by atoms with E-state index in [9.17, 15) is 0 Å². The second kappa shape index (κ2) is 10.9. The first kappa shape index (κ1) is 21.2. The van der Waals surface area contributed by atoms with Crippen LogP contribution in [0.2, 0.25) is 0 Å². The molecule has 4 nitrogen and oxygen atoms in total. The molecule has 0 radical (unpaired) electrons. The summed E-state index contributed by atoms with van der Waals surface area (Å²) in [4.78, 5) is 7.32. The number of aryl methyl sites for hydroxylation is 1. The van der Waals surface area contributed by atoms with Gasteiger partial charge in [0.1, 0.15) is 0 Å². The molecule has 1 saturated heterocycles. The number of benzene rings is 1. The smallest absolute Gasteiger partial charge is 0.191 e. The summed E-state index contributed by atoms with van der Waals surface area (Å²) in [6.07, 6.45) is 2.37. The Morgan fingerprint density at radius 2 is 1.92 bits per heavy atom. The maximum atomic E-state index is 4.77. The lowest BCUT2D eigenvalue weighted by molar-refractivity contribution is 0.167. The predicted molar refractivity (Wildman–Crippen MR) is 114 cm³/mol. The Morgan fingerprint density at radius 3 is 2.50 bits per heavy atom. The normalized spacial score (nSPS) is 16.8. The molecule has 2 N–H and O–H groups in total. The lowest BCUT2D eigenvalue weighted by atomic mass is 10.0. The van der Waals surface area contributed by atoms with Crippen molar-refractivity contribution in [2.24, 2.45) is 4.99 Å². The molecule has 0 atom stereocenters. The highest BCUT2D eigenvalue weighted by Crippen LogP contribution is 2.13. The van der Waals surface area contributed by atoms with Crippen LogP contribution in [-0.4, -0.2) is 42.6 Å². The van der Waals surface area contributed by atoms with Gasteiger partial charge in [0.15, 0.2) is 5.96 Å². The molecule has 136 valence electrons. The van der Waals surface area contributed by atoms with Gasteiger partial charge in [-0.05, 0) is 51.7 Å². The third-order valence-electron chi connectivity index (χ3n) is 4.61. The summed E-state index contributed by atoms with van der Waals surface area (Å²) < 4.78 is 0. The van der Waals surface area contributed by atoms with Crippen molar-refractivity contribution in [3.05, 3.63) is 35.4 Å². The van der Waals surface area contributed by atoms with Crippen LogP contribution in [0.25, 0.3) is 0 Å². The minimum absolute atomic E-state index is 0. The van der Waals surface area contributed by atoms with Crippen LogP contribution in [0.15, 0.2) is 29.3 Å². The van der Waals surface area contributed by atoms with E-state index in [0.29, 0.717) is 12.1 Å². The molecule has 5 heteroatoms. The van der Waals surface area contributed by atoms with Crippen LogP contribution in [0.3, 0.4) is 0 Å². The van der Waals surface area contributed by atoms with Crippen LogP contribution in [0, 0.1) is 6.92 Å². The molecule has 0 spiro atoms. The number of nitrogens with one attached hydrogen (secondary N) is 2. The third-order valence-corrected chi connectivity index (χ3v) is 4.61. The number of halogens is 1. The molecule has 0 saturated carbocycles. The van der Waals surface area contributed by atoms with E-state index in [1.807, 2.05) is 0 Å². The summed E-state index contributed by atoms with van der Waals surface area (Å²) in [5.41, 5.74) is 2.59. The zero-order valence-electron chi connectivity index (χ0n) is 15.5. The standard InChI is InChI=1S/C19H32N4.HI/c1-5-20-19(21-14-17-9-7-6-8-16(17)4)22-18-10-12-23(13-11-18)15(2)3;/h6-9,15,18H,5,10-14H2,1-4H3,(H2,20,21,22);1H. The molecule has 24 heavy (non-hydrogen) atoms. The Balaban J connectivity index is 0.00000288. The van der Waals surface area contributed by atoms with Gasteiger partial charge in [-0.15, -0.1) is 24.0 Å². The summed E-state index contributed by atoms with van der Waals surface area (Å²) in [6.45, 7) is 12.8. The first-order chi connectivity index (χ1) is 11.1. The van der Waals surface area contributed by atoms with Gasteiger partial charge < -0.3 is 15.5 Å². The van der Waals surface area contributed by atoms with Crippen LogP contribution in [0.4, 0.5) is 0 Å². The largest absolute Gasteiger partial charge is 0.357 e. The van der Waals surface area contributed by atoms with Crippen molar-refractivity contribution in [2.75, 3.05) is 19.6 Å². The Morgan fingerprint density at radius 1 is 1.25 bits per heavy atom. The van der Waals surface area contributed by atoms with Gasteiger partial charge in [0, 0.05) is 31.7 Å². The summed E-state index contributed by atoms with van der Waals surface area (Å²) in [6, 6.07) is 9.64. The van der Waals surface area contributed by atoms with E-state index >= 15 is 0 Å². The van der Waals surface area contributed by atoms with Gasteiger partial charge in [0.25, 0.3) is 0 Å². The van der Waals surface area contributed by atoms with Crippen molar-refractivity contribution in [1.82, 2.24) is 15.5 Å². The highest BCUT2D eigenvalue weighted by atomic mass is 127. The molecular weight excluding hydrogens is 411 g/mol. The van der Waals surface area contributed by atoms with Crippen LogP contribution in [0.1, 0.15) is 44.7 Å². The molecule has 1 aromatic carbocycles. The first-order valence-electron chi connectivity index (χ1n) is 8.93. The highest BCUT2D eigenvalue weighted by Gasteiger charge is 2.21.